The zero-order valence-corrected chi connectivity index (χ0v) is 22.3. The first-order valence-electron chi connectivity index (χ1n) is 12.4. The quantitative estimate of drug-likeness (QED) is 0.256. The minimum absolute atomic E-state index is 0.0612. The zero-order valence-electron chi connectivity index (χ0n) is 22.3. The summed E-state index contributed by atoms with van der Waals surface area (Å²) in [6.07, 6.45) is 0.260. The van der Waals surface area contributed by atoms with E-state index in [1.165, 1.54) is 16.9 Å². The Bertz CT molecular complexity index is 1540. The van der Waals surface area contributed by atoms with Crippen LogP contribution in [0.25, 0.3) is 10.9 Å². The lowest BCUT2D eigenvalue weighted by Crippen LogP contribution is -2.40. The molecule has 3 aromatic carbocycles. The van der Waals surface area contributed by atoms with E-state index in [2.05, 4.69) is 4.98 Å². The number of likely N-dealkylation sites (N-methyl/N-ethyl adjacent to an activating group) is 1. The van der Waals surface area contributed by atoms with Crippen molar-refractivity contribution in [3.63, 3.8) is 0 Å². The van der Waals surface area contributed by atoms with Crippen LogP contribution in [0.3, 0.4) is 0 Å². The van der Waals surface area contributed by atoms with Gasteiger partial charge >= 0.3 is 5.97 Å². The summed E-state index contributed by atoms with van der Waals surface area (Å²) in [6.45, 7) is 1.69. The van der Waals surface area contributed by atoms with Gasteiger partial charge in [0.2, 0.25) is 11.8 Å². The van der Waals surface area contributed by atoms with Crippen molar-refractivity contribution in [2.45, 2.75) is 13.3 Å². The average Bonchev–Trinajstić information content (AvgIpc) is 3.28. The monoisotopic (exact) mass is 526 g/mol. The molecule has 9 heteroatoms. The van der Waals surface area contributed by atoms with E-state index in [1.54, 1.807) is 63.5 Å². The van der Waals surface area contributed by atoms with Crippen molar-refractivity contribution in [1.82, 2.24) is 9.88 Å². The molecule has 0 atom stereocenters. The van der Waals surface area contributed by atoms with Crippen LogP contribution in [0.1, 0.15) is 34.8 Å². The molecular formula is C30H30N4O5. The fraction of sp³-hybridized carbons (Fsp3) is 0.200. The van der Waals surface area contributed by atoms with Gasteiger partial charge in [-0.05, 0) is 36.4 Å². The lowest BCUT2D eigenvalue weighted by molar-refractivity contribution is -0.129. The number of carbonyl (C=O) groups is 3. The molecule has 1 heterocycles. The van der Waals surface area contributed by atoms with Gasteiger partial charge in [-0.25, -0.2) is 9.79 Å². The Morgan fingerprint density at radius 3 is 2.23 bits per heavy atom. The van der Waals surface area contributed by atoms with E-state index < -0.39 is 5.97 Å². The second-order valence-electron chi connectivity index (χ2n) is 9.06. The molecule has 0 spiro atoms. The number of nitrogens with one attached hydrogen (secondary N) is 1. The first kappa shape index (κ1) is 27.1. The Kier molecular flexibility index (Phi) is 8.10. The van der Waals surface area contributed by atoms with E-state index in [1.807, 2.05) is 30.3 Å². The number of benzene rings is 3. The minimum Gasteiger partial charge on any atom is -0.494 e. The SMILES string of the molecule is CCC(=O)N(CC(=O)N(C)C)c1ccc(N=C(c2ccccc2)c2c(O)[nH]c3cc(C(=O)OC)ccc23)cc1. The van der Waals surface area contributed by atoms with Crippen LogP contribution in [-0.2, 0) is 14.3 Å². The van der Waals surface area contributed by atoms with Crippen molar-refractivity contribution >= 4 is 45.8 Å². The van der Waals surface area contributed by atoms with Gasteiger partial charge in [0.1, 0.15) is 6.54 Å². The Labute approximate surface area is 226 Å². The van der Waals surface area contributed by atoms with E-state index in [-0.39, 0.29) is 30.7 Å². The smallest absolute Gasteiger partial charge is 0.337 e. The molecule has 200 valence electrons. The molecule has 4 aromatic rings. The van der Waals surface area contributed by atoms with Crippen molar-refractivity contribution in [1.29, 1.82) is 0 Å². The van der Waals surface area contributed by atoms with Crippen molar-refractivity contribution in [2.24, 2.45) is 4.99 Å². The number of anilines is 1. The number of aromatic nitrogens is 1. The van der Waals surface area contributed by atoms with Crippen LogP contribution in [0.4, 0.5) is 11.4 Å². The fourth-order valence-corrected chi connectivity index (χ4v) is 4.16. The van der Waals surface area contributed by atoms with E-state index in [0.717, 1.165) is 5.56 Å². The summed E-state index contributed by atoms with van der Waals surface area (Å²) in [5.41, 5.74) is 3.85. The molecule has 4 rings (SSSR count). The number of rotatable bonds is 8. The van der Waals surface area contributed by atoms with Gasteiger partial charge in [-0.1, -0.05) is 43.3 Å². The van der Waals surface area contributed by atoms with Gasteiger partial charge in [-0.3, -0.25) is 9.59 Å². The molecule has 0 aliphatic rings. The lowest BCUT2D eigenvalue weighted by Gasteiger charge is -2.23. The van der Waals surface area contributed by atoms with Crippen molar-refractivity contribution in [3.8, 4) is 5.88 Å². The van der Waals surface area contributed by atoms with Crippen LogP contribution in [0, 0.1) is 0 Å². The van der Waals surface area contributed by atoms with Gasteiger partial charge in [-0.2, -0.15) is 0 Å². The second-order valence-corrected chi connectivity index (χ2v) is 9.06. The number of ether oxygens (including phenoxy) is 1. The number of carbonyl (C=O) groups excluding carboxylic acids is 3. The van der Waals surface area contributed by atoms with Crippen LogP contribution in [0.15, 0.2) is 77.8 Å². The third-order valence-corrected chi connectivity index (χ3v) is 6.28. The number of aliphatic imine (C=N–C) groups is 1. The van der Waals surface area contributed by atoms with Crippen LogP contribution >= 0.6 is 0 Å². The number of hydrogen-bond acceptors (Lipinski definition) is 6. The van der Waals surface area contributed by atoms with Gasteiger partial charge in [0, 0.05) is 42.7 Å². The molecule has 0 aliphatic carbocycles. The fourth-order valence-electron chi connectivity index (χ4n) is 4.16. The number of H-pyrrole nitrogens is 1. The minimum atomic E-state index is -0.479. The molecule has 2 N–H and O–H groups in total. The van der Waals surface area contributed by atoms with Crippen LogP contribution < -0.4 is 4.90 Å². The van der Waals surface area contributed by atoms with Crippen LogP contribution in [0.5, 0.6) is 5.88 Å². The van der Waals surface area contributed by atoms with Crippen molar-refractivity contribution in [3.05, 3.63) is 89.5 Å². The maximum Gasteiger partial charge on any atom is 0.337 e. The van der Waals surface area contributed by atoms with Crippen LogP contribution in [-0.4, -0.2) is 66.2 Å². The summed E-state index contributed by atoms with van der Waals surface area (Å²) in [6, 6.07) is 21.4. The average molecular weight is 527 g/mol. The molecule has 2 amide bonds. The molecule has 1 aromatic heterocycles. The third-order valence-electron chi connectivity index (χ3n) is 6.28. The van der Waals surface area contributed by atoms with E-state index in [4.69, 9.17) is 9.73 Å². The van der Waals surface area contributed by atoms with E-state index in [9.17, 15) is 19.5 Å². The summed E-state index contributed by atoms with van der Waals surface area (Å²) < 4.78 is 4.81. The number of amides is 2. The standard InChI is InChI=1S/C30H30N4O5/c1-5-25(35)34(18-26(36)33(2)3)22-14-12-21(13-15-22)31-28(19-9-7-6-8-10-19)27-23-16-11-20(30(38)39-4)17-24(23)32-29(27)37/h6-17,32,37H,5,18H2,1-4H3. The highest BCUT2D eigenvalue weighted by molar-refractivity contribution is 6.22. The van der Waals surface area contributed by atoms with Gasteiger partial charge in [-0.15, -0.1) is 0 Å². The molecule has 9 nitrogen and oxygen atoms in total. The van der Waals surface area contributed by atoms with Gasteiger partial charge in [0.15, 0.2) is 5.88 Å². The summed E-state index contributed by atoms with van der Waals surface area (Å²) in [4.78, 5) is 47.6. The molecular weight excluding hydrogens is 496 g/mol. The topological polar surface area (TPSA) is 115 Å². The number of aromatic hydroxyl groups is 1. The largest absolute Gasteiger partial charge is 0.494 e. The first-order chi connectivity index (χ1) is 18.7. The first-order valence-corrected chi connectivity index (χ1v) is 12.4. The predicted octanol–water partition coefficient (Wildman–Crippen LogP) is 4.66. The number of aromatic amines is 1. The van der Waals surface area contributed by atoms with Gasteiger partial charge < -0.3 is 24.6 Å². The number of nitrogens with zero attached hydrogens (tertiary/aromatic N) is 3. The lowest BCUT2D eigenvalue weighted by atomic mass is 10.00. The number of fused-ring (bicyclic) bond motifs is 1. The normalized spacial score (nSPS) is 11.3. The Morgan fingerprint density at radius 1 is 0.923 bits per heavy atom. The highest BCUT2D eigenvalue weighted by Crippen LogP contribution is 2.32. The highest BCUT2D eigenvalue weighted by atomic mass is 16.5. The number of hydrogen-bond donors (Lipinski definition) is 2. The van der Waals surface area contributed by atoms with Crippen molar-refractivity contribution < 1.29 is 24.2 Å². The molecule has 39 heavy (non-hydrogen) atoms. The summed E-state index contributed by atoms with van der Waals surface area (Å²) in [5, 5.41) is 11.6. The molecule has 0 radical (unpaired) electrons. The third kappa shape index (κ3) is 5.82. The van der Waals surface area contributed by atoms with E-state index >= 15 is 0 Å². The molecule has 0 aliphatic heterocycles. The number of methoxy groups -OCH3 is 1. The Hall–Kier alpha value is -4.92. The Balaban J connectivity index is 1.79. The Morgan fingerprint density at radius 2 is 1.62 bits per heavy atom. The number of esters is 1. The summed E-state index contributed by atoms with van der Waals surface area (Å²) in [5.74, 6) is -0.919. The summed E-state index contributed by atoms with van der Waals surface area (Å²) in [7, 11) is 4.61. The highest BCUT2D eigenvalue weighted by Gasteiger charge is 2.21. The van der Waals surface area contributed by atoms with Crippen molar-refractivity contribution in [2.75, 3.05) is 32.6 Å². The van der Waals surface area contributed by atoms with Gasteiger partial charge in [0.25, 0.3) is 0 Å². The summed E-state index contributed by atoms with van der Waals surface area (Å²) >= 11 is 0. The maximum atomic E-state index is 12.6. The maximum absolute atomic E-state index is 12.6. The molecule has 0 fully saturated rings. The molecule has 0 saturated carbocycles. The molecule has 0 saturated heterocycles. The molecule has 0 unspecified atom stereocenters. The molecule has 0 bridgehead atoms. The van der Waals surface area contributed by atoms with Gasteiger partial charge in [0.05, 0.1) is 29.6 Å². The van der Waals surface area contributed by atoms with Crippen LogP contribution in [0.2, 0.25) is 0 Å². The van der Waals surface area contributed by atoms with E-state index in [0.29, 0.717) is 39.1 Å². The zero-order chi connectivity index (χ0) is 28.1. The second kappa shape index (κ2) is 11.6. The predicted molar refractivity (Wildman–Crippen MR) is 151 cm³/mol.